The molecule has 1 aliphatic carbocycles. The Morgan fingerprint density at radius 1 is 1.16 bits per heavy atom. The number of pyridine rings is 1. The molecule has 0 atom stereocenters. The minimum Gasteiger partial charge on any atom is -0.349 e. The predicted molar refractivity (Wildman–Crippen MR) is 145 cm³/mol. The molecule has 0 bridgehead atoms. The number of nitriles is 1. The Morgan fingerprint density at radius 3 is 2.61 bits per heavy atom. The second-order valence-corrected chi connectivity index (χ2v) is 10.1. The van der Waals surface area contributed by atoms with Crippen molar-refractivity contribution in [1.29, 1.82) is 5.26 Å². The van der Waals surface area contributed by atoms with Gasteiger partial charge in [0.25, 0.3) is 5.91 Å². The minimum absolute atomic E-state index is 0.0460. The van der Waals surface area contributed by atoms with Crippen molar-refractivity contribution in [2.45, 2.75) is 45.2 Å². The number of nitrogens with one attached hydrogen (secondary N) is 1. The second kappa shape index (κ2) is 10.6. The number of para-hydroxylation sites is 2. The molecule has 1 fully saturated rings. The van der Waals surface area contributed by atoms with Gasteiger partial charge in [0, 0.05) is 24.3 Å². The number of halogens is 1. The Labute approximate surface area is 224 Å². The third kappa shape index (κ3) is 4.85. The molecule has 2 aromatic carbocycles. The summed E-state index contributed by atoms with van der Waals surface area (Å²) < 4.78 is 3.32. The van der Waals surface area contributed by atoms with Gasteiger partial charge in [0.2, 0.25) is 0 Å². The minimum atomic E-state index is -0.221. The van der Waals surface area contributed by atoms with Gasteiger partial charge in [0.05, 0.1) is 38.6 Å². The van der Waals surface area contributed by atoms with E-state index in [-0.39, 0.29) is 29.1 Å². The maximum Gasteiger partial charge on any atom is 0.333 e. The lowest BCUT2D eigenvalue weighted by molar-refractivity contribution is 0.0919. The summed E-state index contributed by atoms with van der Waals surface area (Å²) in [5, 5.41) is 13.2. The molecule has 1 N–H and O–H groups in total. The van der Waals surface area contributed by atoms with Crippen molar-refractivity contribution < 1.29 is 9.59 Å². The van der Waals surface area contributed by atoms with E-state index in [0.717, 1.165) is 31.2 Å². The van der Waals surface area contributed by atoms with Crippen molar-refractivity contribution in [2.75, 3.05) is 0 Å². The van der Waals surface area contributed by atoms with E-state index in [1.165, 1.54) is 12.3 Å². The van der Waals surface area contributed by atoms with Crippen molar-refractivity contribution >= 4 is 34.8 Å². The molecule has 0 radical (unpaired) electrons. The highest BCUT2D eigenvalue weighted by atomic mass is 35.5. The van der Waals surface area contributed by atoms with E-state index in [1.54, 1.807) is 34.3 Å². The molecule has 8 nitrogen and oxygen atoms in total. The van der Waals surface area contributed by atoms with Gasteiger partial charge < -0.3 is 5.32 Å². The third-order valence-electron chi connectivity index (χ3n) is 7.27. The van der Waals surface area contributed by atoms with Crippen LogP contribution in [0.3, 0.4) is 0 Å². The molecule has 1 amide bonds. The largest absolute Gasteiger partial charge is 0.349 e. The van der Waals surface area contributed by atoms with E-state index in [0.29, 0.717) is 45.9 Å². The zero-order chi connectivity index (χ0) is 26.8. The molecule has 9 heteroatoms. The summed E-state index contributed by atoms with van der Waals surface area (Å²) in [6.45, 7) is 2.32. The quantitative estimate of drug-likeness (QED) is 0.361. The zero-order valence-electron chi connectivity index (χ0n) is 20.9. The van der Waals surface area contributed by atoms with E-state index < -0.39 is 0 Å². The van der Waals surface area contributed by atoms with Crippen molar-refractivity contribution in [3.63, 3.8) is 0 Å². The Bertz CT molecular complexity index is 1640. The standard InChI is InChI=1S/C29H26ClN5O3/c1-18-24(13-22(30)15-32-18)28(37)33-23-9-6-19(7-10-23)16-34-26-4-2-3-5-27(26)35(29(34)38)25-11-8-20(17-36)12-21(25)14-31/h2-5,8,11-13,15,17,19,23H,6-7,9-10,16H2,1H3,(H,33,37). The number of benzene rings is 2. The van der Waals surface area contributed by atoms with Gasteiger partial charge in [-0.15, -0.1) is 0 Å². The first-order valence-electron chi connectivity index (χ1n) is 12.5. The number of fused-ring (bicyclic) bond motifs is 1. The van der Waals surface area contributed by atoms with Gasteiger partial charge in [-0.2, -0.15) is 5.26 Å². The summed E-state index contributed by atoms with van der Waals surface area (Å²) in [5.41, 5.74) is 3.50. The second-order valence-electron chi connectivity index (χ2n) is 9.70. The van der Waals surface area contributed by atoms with Gasteiger partial charge in [-0.05, 0) is 74.9 Å². The molecule has 4 aromatic rings. The molecule has 1 saturated carbocycles. The number of imidazole rings is 1. The van der Waals surface area contributed by atoms with Gasteiger partial charge in [0.1, 0.15) is 12.4 Å². The van der Waals surface area contributed by atoms with Crippen LogP contribution in [0.15, 0.2) is 59.5 Å². The molecule has 0 saturated heterocycles. The highest BCUT2D eigenvalue weighted by Crippen LogP contribution is 2.28. The number of carbonyl (C=O) groups is 2. The molecule has 2 heterocycles. The first-order chi connectivity index (χ1) is 18.4. The van der Waals surface area contributed by atoms with Crippen LogP contribution in [0.4, 0.5) is 0 Å². The third-order valence-corrected chi connectivity index (χ3v) is 7.48. The maximum atomic E-state index is 13.7. The van der Waals surface area contributed by atoms with Crippen LogP contribution in [-0.2, 0) is 6.54 Å². The molecule has 0 unspecified atom stereocenters. The number of aldehydes is 1. The number of amides is 1. The van der Waals surface area contributed by atoms with Crippen LogP contribution < -0.4 is 11.0 Å². The smallest absolute Gasteiger partial charge is 0.333 e. The molecule has 0 aliphatic heterocycles. The number of nitrogens with zero attached hydrogens (tertiary/aromatic N) is 4. The average molecular weight is 528 g/mol. The Kier molecular flexibility index (Phi) is 7.12. The Hall–Kier alpha value is -4.22. The highest BCUT2D eigenvalue weighted by Gasteiger charge is 2.26. The fourth-order valence-corrected chi connectivity index (χ4v) is 5.44. The molecule has 192 valence electrons. The molecular formula is C29H26ClN5O3. The maximum absolute atomic E-state index is 13.7. The predicted octanol–water partition coefficient (Wildman–Crippen LogP) is 4.82. The molecule has 2 aromatic heterocycles. The van der Waals surface area contributed by atoms with Gasteiger partial charge in [-0.25, -0.2) is 4.79 Å². The van der Waals surface area contributed by atoms with Gasteiger partial charge >= 0.3 is 5.69 Å². The summed E-state index contributed by atoms with van der Waals surface area (Å²) in [6.07, 6.45) is 5.55. The number of hydrogen-bond donors (Lipinski definition) is 1. The van der Waals surface area contributed by atoms with Crippen molar-refractivity contribution in [2.24, 2.45) is 5.92 Å². The van der Waals surface area contributed by atoms with Gasteiger partial charge in [-0.3, -0.25) is 23.7 Å². The summed E-state index contributed by atoms with van der Waals surface area (Å²) in [4.78, 5) is 41.8. The van der Waals surface area contributed by atoms with Crippen LogP contribution in [0.1, 0.15) is 57.7 Å². The van der Waals surface area contributed by atoms with Crippen LogP contribution >= 0.6 is 11.6 Å². The number of rotatable bonds is 6. The number of carbonyl (C=O) groups excluding carboxylic acids is 2. The molecule has 0 spiro atoms. The van der Waals surface area contributed by atoms with E-state index in [4.69, 9.17) is 11.6 Å². The van der Waals surface area contributed by atoms with E-state index in [2.05, 4.69) is 16.4 Å². The fourth-order valence-electron chi connectivity index (χ4n) is 5.28. The molecule has 1 aliphatic rings. The normalized spacial score (nSPS) is 17.2. The summed E-state index contributed by atoms with van der Waals surface area (Å²) in [7, 11) is 0. The first kappa shape index (κ1) is 25.4. The number of aryl methyl sites for hydroxylation is 1. The van der Waals surface area contributed by atoms with Gasteiger partial charge in [0.15, 0.2) is 0 Å². The first-order valence-corrected chi connectivity index (χ1v) is 12.9. The summed E-state index contributed by atoms with van der Waals surface area (Å²) in [5.74, 6) is 0.0942. The number of aromatic nitrogens is 3. The highest BCUT2D eigenvalue weighted by molar-refractivity contribution is 6.30. The van der Waals surface area contributed by atoms with Crippen LogP contribution in [0.5, 0.6) is 0 Å². The fraction of sp³-hybridized carbons (Fsp3) is 0.276. The van der Waals surface area contributed by atoms with Crippen LogP contribution in [0.25, 0.3) is 16.7 Å². The van der Waals surface area contributed by atoms with Crippen LogP contribution in [0, 0.1) is 24.2 Å². The van der Waals surface area contributed by atoms with Gasteiger partial charge in [-0.1, -0.05) is 23.7 Å². The van der Waals surface area contributed by atoms with Crippen molar-refractivity contribution in [1.82, 2.24) is 19.4 Å². The van der Waals surface area contributed by atoms with Crippen molar-refractivity contribution in [3.8, 4) is 11.8 Å². The van der Waals surface area contributed by atoms with E-state index in [1.807, 2.05) is 24.3 Å². The summed E-state index contributed by atoms with van der Waals surface area (Å²) >= 11 is 6.02. The SMILES string of the molecule is Cc1ncc(Cl)cc1C(=O)NC1CCC(Cn2c(=O)n(-c3ccc(C=O)cc3C#N)c3ccccc32)CC1. The lowest BCUT2D eigenvalue weighted by atomic mass is 9.85. The number of hydrogen-bond acceptors (Lipinski definition) is 5. The average Bonchev–Trinajstić information content (AvgIpc) is 3.21. The van der Waals surface area contributed by atoms with E-state index in [9.17, 15) is 19.6 Å². The molecule has 38 heavy (non-hydrogen) atoms. The molecule has 5 rings (SSSR count). The Balaban J connectivity index is 1.35. The lowest BCUT2D eigenvalue weighted by Crippen LogP contribution is -2.39. The van der Waals surface area contributed by atoms with Crippen LogP contribution in [-0.4, -0.2) is 32.4 Å². The zero-order valence-corrected chi connectivity index (χ0v) is 21.6. The van der Waals surface area contributed by atoms with Crippen LogP contribution in [0.2, 0.25) is 5.02 Å². The molecular weight excluding hydrogens is 502 g/mol. The topological polar surface area (TPSA) is 110 Å². The van der Waals surface area contributed by atoms with E-state index >= 15 is 0 Å². The lowest BCUT2D eigenvalue weighted by Gasteiger charge is -2.29. The Morgan fingerprint density at radius 2 is 1.89 bits per heavy atom. The monoisotopic (exact) mass is 527 g/mol. The summed E-state index contributed by atoms with van der Waals surface area (Å²) in [6, 6.07) is 16.1. The van der Waals surface area contributed by atoms with Crippen molar-refractivity contribution in [3.05, 3.63) is 92.6 Å².